The third-order valence-electron chi connectivity index (χ3n) is 4.66. The van der Waals surface area contributed by atoms with Gasteiger partial charge in [0, 0.05) is 12.1 Å². The zero-order valence-corrected chi connectivity index (χ0v) is 18.1. The van der Waals surface area contributed by atoms with Crippen molar-refractivity contribution in [2.75, 3.05) is 11.1 Å². The van der Waals surface area contributed by atoms with Gasteiger partial charge in [-0.1, -0.05) is 81.9 Å². The molecule has 152 valence electrons. The van der Waals surface area contributed by atoms with Crippen molar-refractivity contribution in [3.8, 4) is 0 Å². The average molecular weight is 410 g/mol. The summed E-state index contributed by atoms with van der Waals surface area (Å²) in [5.74, 6) is 0.989. The van der Waals surface area contributed by atoms with Gasteiger partial charge in [-0.3, -0.25) is 4.79 Å². The van der Waals surface area contributed by atoms with E-state index in [-0.39, 0.29) is 23.0 Å². The van der Waals surface area contributed by atoms with Crippen molar-refractivity contribution in [2.24, 2.45) is 0 Å². The van der Waals surface area contributed by atoms with Crippen molar-refractivity contribution in [1.29, 1.82) is 0 Å². The third kappa shape index (κ3) is 6.19. The van der Waals surface area contributed by atoms with E-state index in [2.05, 4.69) is 55.3 Å². The molecule has 0 fully saturated rings. The van der Waals surface area contributed by atoms with Gasteiger partial charge in [0.2, 0.25) is 11.8 Å². The fraction of sp³-hybridized carbons (Fsp3) is 0.348. The second-order valence-electron chi connectivity index (χ2n) is 8.14. The second kappa shape index (κ2) is 9.27. The molecule has 0 saturated carbocycles. The van der Waals surface area contributed by atoms with Gasteiger partial charge in [-0.05, 0) is 34.6 Å². The van der Waals surface area contributed by atoms with Crippen molar-refractivity contribution >= 4 is 23.4 Å². The molecule has 5 nitrogen and oxygen atoms in total. The molecule has 0 aliphatic rings. The van der Waals surface area contributed by atoms with Gasteiger partial charge in [0.15, 0.2) is 0 Å². The Bertz CT molecular complexity index is 931. The highest BCUT2D eigenvalue weighted by Gasteiger charge is 2.15. The lowest BCUT2D eigenvalue weighted by Crippen LogP contribution is -2.15. The fourth-order valence-electron chi connectivity index (χ4n) is 2.92. The summed E-state index contributed by atoms with van der Waals surface area (Å²) in [4.78, 5) is 12.2. The van der Waals surface area contributed by atoms with Crippen LogP contribution in [0.5, 0.6) is 0 Å². The van der Waals surface area contributed by atoms with Crippen LogP contribution in [0.4, 0.5) is 5.69 Å². The first-order chi connectivity index (χ1) is 13.8. The third-order valence-corrected chi connectivity index (χ3v) is 5.48. The fourth-order valence-corrected chi connectivity index (χ4v) is 3.50. The van der Waals surface area contributed by atoms with Gasteiger partial charge in [0.25, 0.3) is 5.22 Å². The van der Waals surface area contributed by atoms with Gasteiger partial charge < -0.3 is 9.73 Å². The number of anilines is 1. The number of carbonyl (C=O) groups is 1. The Morgan fingerprint density at radius 1 is 1.07 bits per heavy atom. The Labute approximate surface area is 176 Å². The number of rotatable bonds is 7. The number of carbonyl (C=O) groups excluding carboxylic acids is 1. The van der Waals surface area contributed by atoms with Crippen molar-refractivity contribution < 1.29 is 9.21 Å². The van der Waals surface area contributed by atoms with Crippen LogP contribution in [0, 0.1) is 0 Å². The highest BCUT2D eigenvalue weighted by atomic mass is 32.2. The zero-order valence-electron chi connectivity index (χ0n) is 17.3. The smallest absolute Gasteiger partial charge is 0.277 e. The largest absolute Gasteiger partial charge is 0.416 e. The molecule has 1 N–H and O–H groups in total. The Morgan fingerprint density at radius 2 is 1.76 bits per heavy atom. The number of aromatic nitrogens is 2. The minimum Gasteiger partial charge on any atom is -0.416 e. The van der Waals surface area contributed by atoms with E-state index >= 15 is 0 Å². The highest BCUT2D eigenvalue weighted by molar-refractivity contribution is 7.99. The lowest BCUT2D eigenvalue weighted by atomic mass is 9.87. The number of hydrogen-bond acceptors (Lipinski definition) is 5. The van der Waals surface area contributed by atoms with Crippen LogP contribution >= 0.6 is 11.8 Å². The van der Waals surface area contributed by atoms with Crippen LogP contribution in [0.1, 0.15) is 50.6 Å². The van der Waals surface area contributed by atoms with Gasteiger partial charge in [-0.2, -0.15) is 0 Å². The van der Waals surface area contributed by atoms with Gasteiger partial charge in [0.1, 0.15) is 0 Å². The molecule has 0 radical (unpaired) electrons. The number of amides is 1. The number of benzene rings is 2. The molecule has 1 amide bonds. The molecule has 1 heterocycles. The molecule has 0 saturated heterocycles. The lowest BCUT2D eigenvalue weighted by Gasteiger charge is -2.19. The number of thioether (sulfide) groups is 1. The summed E-state index contributed by atoms with van der Waals surface area (Å²) in [5.41, 5.74) is 3.34. The normalized spacial score (nSPS) is 12.6. The van der Waals surface area contributed by atoms with Crippen LogP contribution in [0.2, 0.25) is 0 Å². The van der Waals surface area contributed by atoms with E-state index < -0.39 is 0 Å². The maximum absolute atomic E-state index is 12.2. The summed E-state index contributed by atoms with van der Waals surface area (Å²) in [6.07, 6.45) is 0.671. The molecule has 2 aromatic carbocycles. The molecule has 3 rings (SSSR count). The van der Waals surface area contributed by atoms with Crippen LogP contribution in [-0.4, -0.2) is 21.9 Å². The predicted molar refractivity (Wildman–Crippen MR) is 117 cm³/mol. The molecule has 1 atom stereocenters. The number of nitrogens with one attached hydrogen (secondary N) is 1. The average Bonchev–Trinajstić information content (AvgIpc) is 3.14. The molecule has 0 bridgehead atoms. The standard InChI is InChI=1S/C23H27N3O2S/c1-16(17-8-6-5-7-9-17)14-21-25-26-22(28-21)29-15-20(27)24-19-12-10-18(11-13-19)23(2,3)4/h5-13,16H,14-15H2,1-4H3,(H,24,27). The van der Waals surface area contributed by atoms with Crippen LogP contribution in [0.15, 0.2) is 64.2 Å². The van der Waals surface area contributed by atoms with Gasteiger partial charge in [-0.15, -0.1) is 10.2 Å². The maximum atomic E-state index is 12.2. The highest BCUT2D eigenvalue weighted by Crippen LogP contribution is 2.24. The summed E-state index contributed by atoms with van der Waals surface area (Å²) >= 11 is 1.25. The molecule has 1 aromatic heterocycles. The Balaban J connectivity index is 1.48. The molecule has 1 unspecified atom stereocenters. The summed E-state index contributed by atoms with van der Waals surface area (Å²) in [6, 6.07) is 18.2. The summed E-state index contributed by atoms with van der Waals surface area (Å²) in [6.45, 7) is 8.62. The van der Waals surface area contributed by atoms with Gasteiger partial charge >= 0.3 is 0 Å². The zero-order chi connectivity index (χ0) is 20.9. The summed E-state index contributed by atoms with van der Waals surface area (Å²) in [5, 5.41) is 11.5. The van der Waals surface area contributed by atoms with Crippen LogP contribution in [0.3, 0.4) is 0 Å². The molecule has 0 aliphatic carbocycles. The molecule has 6 heteroatoms. The minimum absolute atomic E-state index is 0.0893. The minimum atomic E-state index is -0.101. The summed E-state index contributed by atoms with van der Waals surface area (Å²) in [7, 11) is 0. The molecule has 3 aromatic rings. The van der Waals surface area contributed by atoms with Gasteiger partial charge in [-0.25, -0.2) is 0 Å². The SMILES string of the molecule is CC(Cc1nnc(SCC(=O)Nc2ccc(C(C)(C)C)cc2)o1)c1ccccc1. The number of nitrogens with zero attached hydrogens (tertiary/aromatic N) is 2. The van der Waals surface area contributed by atoms with E-state index in [1.807, 2.05) is 42.5 Å². The maximum Gasteiger partial charge on any atom is 0.277 e. The van der Waals surface area contributed by atoms with E-state index in [9.17, 15) is 4.79 Å². The van der Waals surface area contributed by atoms with E-state index in [4.69, 9.17) is 4.42 Å². The van der Waals surface area contributed by atoms with E-state index in [1.54, 1.807) is 0 Å². The van der Waals surface area contributed by atoms with E-state index in [0.717, 1.165) is 5.69 Å². The first kappa shape index (κ1) is 21.1. The Morgan fingerprint density at radius 3 is 2.41 bits per heavy atom. The van der Waals surface area contributed by atoms with E-state index in [1.165, 1.54) is 22.9 Å². The number of hydrogen-bond donors (Lipinski definition) is 1. The molecule has 0 aliphatic heterocycles. The summed E-state index contributed by atoms with van der Waals surface area (Å²) < 4.78 is 5.69. The van der Waals surface area contributed by atoms with Crippen molar-refractivity contribution in [2.45, 2.75) is 50.7 Å². The quantitative estimate of drug-likeness (QED) is 0.526. The first-order valence-electron chi connectivity index (χ1n) is 9.72. The topological polar surface area (TPSA) is 68.0 Å². The molecule has 29 heavy (non-hydrogen) atoms. The van der Waals surface area contributed by atoms with Crippen molar-refractivity contribution in [3.63, 3.8) is 0 Å². The monoisotopic (exact) mass is 409 g/mol. The second-order valence-corrected chi connectivity index (χ2v) is 9.07. The van der Waals surface area contributed by atoms with Gasteiger partial charge in [0.05, 0.1) is 5.75 Å². The lowest BCUT2D eigenvalue weighted by molar-refractivity contribution is -0.113. The van der Waals surface area contributed by atoms with Crippen LogP contribution in [-0.2, 0) is 16.6 Å². The first-order valence-corrected chi connectivity index (χ1v) is 10.7. The van der Waals surface area contributed by atoms with E-state index in [0.29, 0.717) is 17.5 Å². The van der Waals surface area contributed by atoms with Crippen LogP contribution in [0.25, 0.3) is 0 Å². The molecule has 0 spiro atoms. The van der Waals surface area contributed by atoms with Crippen molar-refractivity contribution in [1.82, 2.24) is 10.2 Å². The molecular weight excluding hydrogens is 382 g/mol. The molecular formula is C23H27N3O2S. The predicted octanol–water partition coefficient (Wildman–Crippen LogP) is 5.44. The van der Waals surface area contributed by atoms with Crippen LogP contribution < -0.4 is 5.32 Å². The van der Waals surface area contributed by atoms with Crippen molar-refractivity contribution in [3.05, 3.63) is 71.6 Å². The Kier molecular flexibility index (Phi) is 6.75. The Hall–Kier alpha value is -2.60.